The molecule has 0 fully saturated rings. The number of rotatable bonds is 10. The van der Waals surface area contributed by atoms with Gasteiger partial charge in [0.25, 0.3) is 5.56 Å². The third-order valence-electron chi connectivity index (χ3n) is 5.89. The van der Waals surface area contributed by atoms with Crippen molar-refractivity contribution in [3.63, 3.8) is 0 Å². The molecule has 0 aliphatic heterocycles. The predicted molar refractivity (Wildman–Crippen MR) is 147 cm³/mol. The van der Waals surface area contributed by atoms with Gasteiger partial charge in [-0.2, -0.15) is 0 Å². The zero-order valence-electron chi connectivity index (χ0n) is 21.0. The average Bonchev–Trinajstić information content (AvgIpc) is 2.95. The highest BCUT2D eigenvalue weighted by molar-refractivity contribution is 8.00. The number of nitrogens with zero attached hydrogens (tertiary/aromatic N) is 2. The van der Waals surface area contributed by atoms with Gasteiger partial charge in [-0.15, -0.1) is 11.8 Å². The number of thioether (sulfide) groups is 1. The summed E-state index contributed by atoms with van der Waals surface area (Å²) in [5.74, 6) is -2.89. The summed E-state index contributed by atoms with van der Waals surface area (Å²) >= 11 is 1.24. The Bertz CT molecular complexity index is 1660. The Morgan fingerprint density at radius 3 is 2.28 bits per heavy atom. The number of Topliss-reactive ketones (excluding diaryl/α,β-unsaturated/α-hetero) is 1. The van der Waals surface area contributed by atoms with Crippen molar-refractivity contribution >= 4 is 46.1 Å². The van der Waals surface area contributed by atoms with Gasteiger partial charge < -0.3 is 15.2 Å². The van der Waals surface area contributed by atoms with Crippen LogP contribution in [0.25, 0.3) is 10.8 Å². The van der Waals surface area contributed by atoms with E-state index >= 15 is 0 Å². The second-order valence-corrected chi connectivity index (χ2v) is 9.51. The maximum absolute atomic E-state index is 13.1. The average molecular weight is 548 g/mol. The summed E-state index contributed by atoms with van der Waals surface area (Å²) in [7, 11) is 1.11. The second kappa shape index (κ2) is 12.3. The van der Waals surface area contributed by atoms with Gasteiger partial charge in [-0.3, -0.25) is 23.7 Å². The van der Waals surface area contributed by atoms with Gasteiger partial charge in [0.15, 0.2) is 6.61 Å². The standard InChI is InChI=1S/C28H25N3O7S/c1-37-23(33)15-31-27(35)25(26(29)30(28(31)36)14-18-7-3-2-4-8-18)22(32)16-38-24(34)17-39-21-12-11-19-9-5-6-10-20(19)13-21/h2-13H,14-17,29H2,1H3. The largest absolute Gasteiger partial charge is 0.468 e. The minimum absolute atomic E-state index is 0.0601. The molecule has 4 rings (SSSR count). The Kier molecular flexibility index (Phi) is 8.62. The summed E-state index contributed by atoms with van der Waals surface area (Å²) in [5.41, 5.74) is 4.29. The number of hydrogen-bond donors (Lipinski definition) is 1. The molecule has 0 amide bonds. The summed E-state index contributed by atoms with van der Waals surface area (Å²) in [4.78, 5) is 64.2. The van der Waals surface area contributed by atoms with Gasteiger partial charge in [-0.25, -0.2) is 9.36 Å². The van der Waals surface area contributed by atoms with Gasteiger partial charge in [0.2, 0.25) is 5.78 Å². The van der Waals surface area contributed by atoms with Crippen LogP contribution < -0.4 is 17.0 Å². The van der Waals surface area contributed by atoms with Crippen LogP contribution in [-0.2, 0) is 32.2 Å². The lowest BCUT2D eigenvalue weighted by molar-refractivity contribution is -0.141. The number of ketones is 1. The van der Waals surface area contributed by atoms with Gasteiger partial charge >= 0.3 is 17.6 Å². The zero-order valence-corrected chi connectivity index (χ0v) is 21.8. The molecule has 200 valence electrons. The van der Waals surface area contributed by atoms with E-state index in [1.54, 1.807) is 30.3 Å². The number of methoxy groups -OCH3 is 1. The van der Waals surface area contributed by atoms with Crippen molar-refractivity contribution in [2.24, 2.45) is 0 Å². The van der Waals surface area contributed by atoms with E-state index in [0.29, 0.717) is 10.1 Å². The minimum Gasteiger partial charge on any atom is -0.468 e. The number of aromatic nitrogens is 2. The number of benzene rings is 3. The van der Waals surface area contributed by atoms with Crippen LogP contribution in [0.15, 0.2) is 87.3 Å². The van der Waals surface area contributed by atoms with Gasteiger partial charge in [-0.05, 0) is 28.5 Å². The Labute approximate surface area is 227 Å². The van der Waals surface area contributed by atoms with Gasteiger partial charge in [0, 0.05) is 4.90 Å². The zero-order chi connectivity index (χ0) is 27.9. The Balaban J connectivity index is 1.52. The highest BCUT2D eigenvalue weighted by Gasteiger charge is 2.25. The lowest BCUT2D eigenvalue weighted by Crippen LogP contribution is -2.46. The first kappa shape index (κ1) is 27.4. The molecule has 4 aromatic rings. The van der Waals surface area contributed by atoms with Crippen LogP contribution in [0.3, 0.4) is 0 Å². The van der Waals surface area contributed by atoms with Crippen LogP contribution >= 0.6 is 11.8 Å². The summed E-state index contributed by atoms with van der Waals surface area (Å²) in [6.45, 7) is -1.54. The summed E-state index contributed by atoms with van der Waals surface area (Å²) in [5, 5.41) is 2.09. The summed E-state index contributed by atoms with van der Waals surface area (Å²) in [6.07, 6.45) is 0. The fraction of sp³-hybridized carbons (Fsp3) is 0.179. The number of ether oxygens (including phenoxy) is 2. The lowest BCUT2D eigenvalue weighted by Gasteiger charge is -2.16. The highest BCUT2D eigenvalue weighted by atomic mass is 32.2. The molecule has 11 heteroatoms. The molecule has 2 N–H and O–H groups in total. The van der Waals surface area contributed by atoms with E-state index in [2.05, 4.69) is 4.74 Å². The number of anilines is 1. The maximum Gasteiger partial charge on any atom is 0.333 e. The third-order valence-corrected chi connectivity index (χ3v) is 6.85. The van der Waals surface area contributed by atoms with Crippen LogP contribution in [0.4, 0.5) is 5.82 Å². The van der Waals surface area contributed by atoms with Crippen LogP contribution in [-0.4, -0.2) is 46.3 Å². The number of esters is 2. The second-order valence-electron chi connectivity index (χ2n) is 8.46. The predicted octanol–water partition coefficient (Wildman–Crippen LogP) is 2.48. The topological polar surface area (TPSA) is 140 Å². The normalized spacial score (nSPS) is 10.8. The number of carbonyl (C=O) groups is 3. The Hall–Kier alpha value is -4.64. The molecular formula is C28H25N3O7S. The van der Waals surface area contributed by atoms with E-state index in [-0.39, 0.29) is 18.1 Å². The molecule has 1 heterocycles. The van der Waals surface area contributed by atoms with Crippen LogP contribution in [0.2, 0.25) is 0 Å². The smallest absolute Gasteiger partial charge is 0.333 e. The molecule has 0 saturated carbocycles. The third kappa shape index (κ3) is 6.44. The van der Waals surface area contributed by atoms with E-state index in [4.69, 9.17) is 10.5 Å². The first-order valence-electron chi connectivity index (χ1n) is 11.8. The number of nitrogen functional groups attached to an aromatic ring is 1. The lowest BCUT2D eigenvalue weighted by atomic mass is 10.1. The van der Waals surface area contributed by atoms with Crippen molar-refractivity contribution in [3.05, 3.63) is 105 Å². The van der Waals surface area contributed by atoms with Gasteiger partial charge in [-0.1, -0.05) is 60.7 Å². The molecule has 10 nitrogen and oxygen atoms in total. The molecular weight excluding hydrogens is 522 g/mol. The van der Waals surface area contributed by atoms with Crippen molar-refractivity contribution in [2.75, 3.05) is 25.2 Å². The Morgan fingerprint density at radius 1 is 0.872 bits per heavy atom. The monoisotopic (exact) mass is 547 g/mol. The van der Waals surface area contributed by atoms with Crippen LogP contribution in [0.5, 0.6) is 0 Å². The molecule has 0 unspecified atom stereocenters. The van der Waals surface area contributed by atoms with E-state index in [1.807, 2.05) is 42.5 Å². The molecule has 3 aromatic carbocycles. The van der Waals surface area contributed by atoms with Crippen molar-refractivity contribution in [1.29, 1.82) is 0 Å². The molecule has 1 aromatic heterocycles. The SMILES string of the molecule is COC(=O)Cn1c(=O)c(C(=O)COC(=O)CSc2ccc3ccccc3c2)c(N)n(Cc2ccccc2)c1=O. The van der Waals surface area contributed by atoms with E-state index < -0.39 is 47.7 Å². The first-order chi connectivity index (χ1) is 18.8. The Morgan fingerprint density at radius 2 is 1.56 bits per heavy atom. The van der Waals surface area contributed by atoms with E-state index in [1.165, 1.54) is 11.8 Å². The highest BCUT2D eigenvalue weighted by Crippen LogP contribution is 2.23. The van der Waals surface area contributed by atoms with E-state index in [0.717, 1.165) is 27.3 Å². The molecule has 0 aliphatic carbocycles. The summed E-state index contributed by atoms with van der Waals surface area (Å²) in [6, 6.07) is 22.3. The maximum atomic E-state index is 13.1. The molecule has 39 heavy (non-hydrogen) atoms. The van der Waals surface area contributed by atoms with E-state index in [9.17, 15) is 24.0 Å². The quantitative estimate of drug-likeness (QED) is 0.180. The fourth-order valence-corrected chi connectivity index (χ4v) is 4.63. The van der Waals surface area contributed by atoms with Crippen molar-refractivity contribution in [1.82, 2.24) is 9.13 Å². The van der Waals surface area contributed by atoms with Crippen LogP contribution in [0.1, 0.15) is 15.9 Å². The first-order valence-corrected chi connectivity index (χ1v) is 12.8. The number of nitrogens with two attached hydrogens (primary N) is 1. The van der Waals surface area contributed by atoms with Crippen molar-refractivity contribution in [2.45, 2.75) is 18.0 Å². The molecule has 0 atom stereocenters. The number of hydrogen-bond acceptors (Lipinski definition) is 9. The van der Waals surface area contributed by atoms with Crippen molar-refractivity contribution in [3.8, 4) is 0 Å². The molecule has 0 spiro atoms. The molecule has 0 aliphatic rings. The minimum atomic E-state index is -1.07. The molecule has 0 bridgehead atoms. The molecule has 0 radical (unpaired) electrons. The van der Waals surface area contributed by atoms with Gasteiger partial charge in [0.05, 0.1) is 19.4 Å². The number of carbonyl (C=O) groups excluding carboxylic acids is 3. The van der Waals surface area contributed by atoms with Gasteiger partial charge in [0.1, 0.15) is 17.9 Å². The number of fused-ring (bicyclic) bond motifs is 1. The van der Waals surface area contributed by atoms with Crippen LogP contribution in [0, 0.1) is 0 Å². The molecule has 0 saturated heterocycles. The summed E-state index contributed by atoms with van der Waals surface area (Å²) < 4.78 is 11.3. The fourth-order valence-electron chi connectivity index (χ4n) is 3.89. The van der Waals surface area contributed by atoms with Crippen molar-refractivity contribution < 1.29 is 23.9 Å².